The molecule has 0 N–H and O–H groups in total. The van der Waals surface area contributed by atoms with Gasteiger partial charge in [-0.25, -0.2) is 0 Å². The molecule has 4 aromatic rings. The molecule has 0 aromatic heterocycles. The van der Waals surface area contributed by atoms with Gasteiger partial charge in [-0.05, 0) is 36.2 Å². The number of anilines is 1. The minimum atomic E-state index is -0.830. The number of halogens is 2. The number of fused-ring (bicyclic) bond motifs is 5. The predicted molar refractivity (Wildman–Crippen MR) is 132 cm³/mol. The summed E-state index contributed by atoms with van der Waals surface area (Å²) >= 11 is 13.0. The zero-order valence-corrected chi connectivity index (χ0v) is 19.4. The Kier molecular flexibility index (Phi) is 4.88. The molecule has 6 rings (SSSR count). The molecule has 0 amide bonds. The first-order chi connectivity index (χ1) is 16.1. The van der Waals surface area contributed by atoms with Crippen LogP contribution in [0.3, 0.4) is 0 Å². The van der Waals surface area contributed by atoms with Crippen LogP contribution in [0, 0.1) is 0 Å². The molecule has 2 heterocycles. The molecule has 5 heteroatoms. The number of ether oxygens (including phenoxy) is 2. The van der Waals surface area contributed by atoms with E-state index < -0.39 is 11.8 Å². The third kappa shape index (κ3) is 3.07. The van der Waals surface area contributed by atoms with Gasteiger partial charge in [0.15, 0.2) is 12.5 Å². The normalized spacial score (nSPS) is 20.3. The van der Waals surface area contributed by atoms with E-state index >= 15 is 0 Å². The van der Waals surface area contributed by atoms with Crippen LogP contribution in [0.1, 0.15) is 35.4 Å². The first-order valence-corrected chi connectivity index (χ1v) is 11.7. The second kappa shape index (κ2) is 7.81. The minimum absolute atomic E-state index is 0.285. The molecule has 0 bridgehead atoms. The zero-order chi connectivity index (χ0) is 22.6. The van der Waals surface area contributed by atoms with E-state index in [0.717, 1.165) is 27.9 Å². The molecule has 164 valence electrons. The number of rotatable bonds is 2. The molecule has 0 unspecified atom stereocenters. The molecule has 4 aromatic carbocycles. The molecule has 2 aliphatic rings. The highest BCUT2D eigenvalue weighted by Gasteiger charge is 2.51. The maximum absolute atomic E-state index is 7.21. The summed E-state index contributed by atoms with van der Waals surface area (Å²) < 4.78 is 13.5. The van der Waals surface area contributed by atoms with E-state index in [-0.39, 0.29) is 6.23 Å². The van der Waals surface area contributed by atoms with Crippen LogP contribution >= 0.6 is 23.2 Å². The number of hydrogen-bond acceptors (Lipinski definition) is 3. The Morgan fingerprint density at radius 3 is 2.06 bits per heavy atom. The lowest BCUT2D eigenvalue weighted by molar-refractivity contribution is -0.0829. The number of benzene rings is 4. The Morgan fingerprint density at radius 1 is 0.788 bits per heavy atom. The SMILES string of the molecule is C[C@H]1Oc2c(Cl)cc(Cl)cc2[C@H]2OC(c3ccccc3)(c3ccccc3)c3ccccc3N21. The van der Waals surface area contributed by atoms with E-state index in [4.69, 9.17) is 32.7 Å². The van der Waals surface area contributed by atoms with Crippen molar-refractivity contribution in [2.24, 2.45) is 0 Å². The van der Waals surface area contributed by atoms with Gasteiger partial charge in [-0.3, -0.25) is 0 Å². The molecular formula is C28H21Cl2NO2. The van der Waals surface area contributed by atoms with E-state index in [1.807, 2.05) is 49.4 Å². The Hall–Kier alpha value is -2.98. The number of hydrogen-bond donors (Lipinski definition) is 0. The summed E-state index contributed by atoms with van der Waals surface area (Å²) in [6.07, 6.45) is -0.734. The third-order valence-corrected chi connectivity index (χ3v) is 6.95. The van der Waals surface area contributed by atoms with Crippen molar-refractivity contribution in [3.05, 3.63) is 129 Å². The van der Waals surface area contributed by atoms with Crippen molar-refractivity contribution < 1.29 is 9.47 Å². The van der Waals surface area contributed by atoms with E-state index in [9.17, 15) is 0 Å². The number of para-hydroxylation sites is 1. The van der Waals surface area contributed by atoms with Crippen molar-refractivity contribution in [3.63, 3.8) is 0 Å². The van der Waals surface area contributed by atoms with Gasteiger partial charge in [0.2, 0.25) is 0 Å². The van der Waals surface area contributed by atoms with Gasteiger partial charge in [0.25, 0.3) is 0 Å². The topological polar surface area (TPSA) is 21.7 Å². The maximum atomic E-state index is 7.21. The third-order valence-electron chi connectivity index (χ3n) is 6.45. The second-order valence-corrected chi connectivity index (χ2v) is 9.17. The van der Waals surface area contributed by atoms with Gasteiger partial charge in [-0.2, -0.15) is 0 Å². The Labute approximate surface area is 203 Å². The van der Waals surface area contributed by atoms with E-state index in [2.05, 4.69) is 53.4 Å². The zero-order valence-electron chi connectivity index (χ0n) is 17.9. The molecule has 3 nitrogen and oxygen atoms in total. The summed E-state index contributed by atoms with van der Waals surface area (Å²) in [7, 11) is 0. The van der Waals surface area contributed by atoms with Crippen LogP contribution in [-0.2, 0) is 10.3 Å². The van der Waals surface area contributed by atoms with Gasteiger partial charge in [0, 0.05) is 21.8 Å². The molecular weight excluding hydrogens is 453 g/mol. The first-order valence-electron chi connectivity index (χ1n) is 10.9. The van der Waals surface area contributed by atoms with Crippen LogP contribution < -0.4 is 9.64 Å². The van der Waals surface area contributed by atoms with Gasteiger partial charge in [0.05, 0.1) is 5.02 Å². The maximum Gasteiger partial charge on any atom is 0.171 e. The average Bonchev–Trinajstić information content (AvgIpc) is 2.85. The van der Waals surface area contributed by atoms with Gasteiger partial charge in [-0.15, -0.1) is 0 Å². The van der Waals surface area contributed by atoms with Gasteiger partial charge in [0.1, 0.15) is 11.4 Å². The van der Waals surface area contributed by atoms with Crippen molar-refractivity contribution in [2.45, 2.75) is 25.0 Å². The Bertz CT molecular complexity index is 1290. The quantitative estimate of drug-likeness (QED) is 0.299. The van der Waals surface area contributed by atoms with Crippen LogP contribution in [0.5, 0.6) is 5.75 Å². The number of nitrogens with zero attached hydrogens (tertiary/aromatic N) is 1. The first kappa shape index (κ1) is 20.6. The van der Waals surface area contributed by atoms with Crippen LogP contribution in [0.4, 0.5) is 5.69 Å². The molecule has 33 heavy (non-hydrogen) atoms. The molecule has 0 spiro atoms. The molecule has 0 radical (unpaired) electrons. The highest BCUT2D eigenvalue weighted by atomic mass is 35.5. The van der Waals surface area contributed by atoms with Crippen LogP contribution in [0.2, 0.25) is 10.0 Å². The Morgan fingerprint density at radius 2 is 1.39 bits per heavy atom. The molecule has 0 saturated carbocycles. The van der Waals surface area contributed by atoms with Crippen molar-refractivity contribution in [1.29, 1.82) is 0 Å². The largest absolute Gasteiger partial charge is 0.469 e. The molecule has 2 aliphatic heterocycles. The summed E-state index contributed by atoms with van der Waals surface area (Å²) in [6, 6.07) is 32.7. The van der Waals surface area contributed by atoms with E-state index in [1.54, 1.807) is 6.07 Å². The fourth-order valence-electron chi connectivity index (χ4n) is 5.09. The van der Waals surface area contributed by atoms with Crippen molar-refractivity contribution in [2.75, 3.05) is 4.90 Å². The summed E-state index contributed by atoms with van der Waals surface area (Å²) in [6.45, 7) is 2.01. The monoisotopic (exact) mass is 473 g/mol. The summed E-state index contributed by atoms with van der Waals surface area (Å²) in [5.74, 6) is 0.615. The van der Waals surface area contributed by atoms with Crippen LogP contribution in [-0.4, -0.2) is 6.23 Å². The smallest absolute Gasteiger partial charge is 0.171 e. The van der Waals surface area contributed by atoms with Crippen molar-refractivity contribution in [1.82, 2.24) is 0 Å². The van der Waals surface area contributed by atoms with Gasteiger partial charge < -0.3 is 14.4 Å². The molecule has 0 saturated heterocycles. The van der Waals surface area contributed by atoms with Crippen LogP contribution in [0.25, 0.3) is 0 Å². The lowest BCUT2D eigenvalue weighted by Crippen LogP contribution is -2.53. The fraction of sp³-hybridized carbons (Fsp3) is 0.143. The van der Waals surface area contributed by atoms with Gasteiger partial charge >= 0.3 is 0 Å². The lowest BCUT2D eigenvalue weighted by Gasteiger charge is -2.53. The van der Waals surface area contributed by atoms with Crippen molar-refractivity contribution in [3.8, 4) is 5.75 Å². The van der Waals surface area contributed by atoms with E-state index in [0.29, 0.717) is 15.8 Å². The van der Waals surface area contributed by atoms with Gasteiger partial charge in [-0.1, -0.05) is 102 Å². The van der Waals surface area contributed by atoms with Crippen molar-refractivity contribution >= 4 is 28.9 Å². The standard InChI is InChI=1S/C28H21Cl2NO2/c1-18-31-25-15-9-8-14-23(25)28(19-10-4-2-5-11-19,20-12-6-3-7-13-20)33-27(31)22-16-21(29)17-24(30)26(22)32-18/h2-18,27H,1H3/t18-,27-/m1/s1. The molecule has 0 aliphatic carbocycles. The Balaban J connectivity index is 1.69. The predicted octanol–water partition coefficient (Wildman–Crippen LogP) is 7.56. The molecule has 0 fully saturated rings. The summed E-state index contributed by atoms with van der Waals surface area (Å²) in [5.41, 5.74) is 4.20. The van der Waals surface area contributed by atoms with Crippen LogP contribution in [0.15, 0.2) is 97.1 Å². The highest BCUT2D eigenvalue weighted by Crippen LogP contribution is 2.56. The summed E-state index contributed by atoms with van der Waals surface area (Å²) in [5, 5.41) is 1.03. The summed E-state index contributed by atoms with van der Waals surface area (Å²) in [4.78, 5) is 2.16. The fourth-order valence-corrected chi connectivity index (χ4v) is 5.64. The second-order valence-electron chi connectivity index (χ2n) is 8.33. The van der Waals surface area contributed by atoms with E-state index in [1.165, 1.54) is 0 Å². The average molecular weight is 474 g/mol. The highest BCUT2D eigenvalue weighted by molar-refractivity contribution is 6.35. The minimum Gasteiger partial charge on any atom is -0.469 e. The molecule has 2 atom stereocenters. The lowest BCUT2D eigenvalue weighted by atomic mass is 9.77.